The van der Waals surface area contributed by atoms with E-state index in [0.717, 1.165) is 38.5 Å². The molecule has 0 saturated carbocycles. The summed E-state index contributed by atoms with van der Waals surface area (Å²) in [5.74, 6) is -0.542. The third-order valence-electron chi connectivity index (χ3n) is 5.44. The fourth-order valence-corrected chi connectivity index (χ4v) is 3.50. The number of esters is 1. The maximum Gasteiger partial charge on any atom is 0.306 e. The van der Waals surface area contributed by atoms with E-state index in [2.05, 4.69) is 31.2 Å². The standard InChI is InChI=1S/C24H42O7/c1-2-3-4-5-6-7-8-9-10-11-12-13-14-15-16-17-20(26)31-23-21(27)19(18-25)30-24(29)22(23)28/h6-7,9-10,19,21-25,27-29H,2-5,8,11-18H2,1H3/t19-,21-,22-,23+,24?/m1/s1. The van der Waals surface area contributed by atoms with E-state index in [1.807, 2.05) is 0 Å². The summed E-state index contributed by atoms with van der Waals surface area (Å²) in [5.41, 5.74) is 0. The number of aliphatic hydroxyl groups is 4. The van der Waals surface area contributed by atoms with E-state index in [-0.39, 0.29) is 6.42 Å². The Bertz CT molecular complexity index is 520. The average Bonchev–Trinajstić information content (AvgIpc) is 2.76. The molecule has 7 nitrogen and oxygen atoms in total. The Balaban J connectivity index is 2.05. The number of rotatable bonds is 16. The fraction of sp³-hybridized carbons (Fsp3) is 0.792. The number of aliphatic hydroxyl groups excluding tert-OH is 4. The molecule has 7 heteroatoms. The molecular weight excluding hydrogens is 400 g/mol. The molecule has 0 aromatic rings. The molecule has 1 heterocycles. The van der Waals surface area contributed by atoms with E-state index in [0.29, 0.717) is 6.42 Å². The lowest BCUT2D eigenvalue weighted by Crippen LogP contribution is -2.59. The minimum absolute atomic E-state index is 0.182. The van der Waals surface area contributed by atoms with Crippen LogP contribution in [0.15, 0.2) is 24.3 Å². The number of hydrogen-bond acceptors (Lipinski definition) is 7. The van der Waals surface area contributed by atoms with Gasteiger partial charge in [-0.25, -0.2) is 0 Å². The number of allylic oxidation sites excluding steroid dienone is 4. The summed E-state index contributed by atoms with van der Waals surface area (Å²) < 4.78 is 10.0. The van der Waals surface area contributed by atoms with E-state index in [9.17, 15) is 20.1 Å². The van der Waals surface area contributed by atoms with Crippen molar-refractivity contribution in [3.05, 3.63) is 24.3 Å². The van der Waals surface area contributed by atoms with Gasteiger partial charge in [-0.3, -0.25) is 4.79 Å². The maximum atomic E-state index is 12.0. The smallest absolute Gasteiger partial charge is 0.306 e. The molecule has 1 unspecified atom stereocenters. The number of carbonyl (C=O) groups excluding carboxylic acids is 1. The van der Waals surface area contributed by atoms with Crippen LogP contribution in [-0.4, -0.2) is 63.7 Å². The van der Waals surface area contributed by atoms with Crippen molar-refractivity contribution >= 4 is 5.97 Å². The van der Waals surface area contributed by atoms with Crippen molar-refractivity contribution in [3.8, 4) is 0 Å². The van der Waals surface area contributed by atoms with Crippen LogP contribution in [0.25, 0.3) is 0 Å². The third-order valence-corrected chi connectivity index (χ3v) is 5.44. The van der Waals surface area contributed by atoms with Crippen LogP contribution in [0.1, 0.15) is 84.0 Å². The molecule has 0 radical (unpaired) electrons. The van der Waals surface area contributed by atoms with Crippen molar-refractivity contribution < 1.29 is 34.7 Å². The van der Waals surface area contributed by atoms with Gasteiger partial charge in [-0.15, -0.1) is 0 Å². The quantitative estimate of drug-likeness (QED) is 0.165. The zero-order valence-electron chi connectivity index (χ0n) is 18.9. The molecule has 0 aliphatic carbocycles. The lowest BCUT2D eigenvalue weighted by Gasteiger charge is -2.39. The van der Waals surface area contributed by atoms with E-state index < -0.39 is 43.3 Å². The predicted octanol–water partition coefficient (Wildman–Crippen LogP) is 3.14. The van der Waals surface area contributed by atoms with Gasteiger partial charge in [-0.2, -0.15) is 0 Å². The molecule has 1 saturated heterocycles. The Labute approximate surface area is 186 Å². The van der Waals surface area contributed by atoms with Crippen molar-refractivity contribution in [2.45, 2.75) is 115 Å². The Morgan fingerprint density at radius 3 is 2.13 bits per heavy atom. The van der Waals surface area contributed by atoms with Crippen LogP contribution in [0.2, 0.25) is 0 Å². The van der Waals surface area contributed by atoms with E-state index >= 15 is 0 Å². The normalized spacial score (nSPS) is 26.7. The van der Waals surface area contributed by atoms with Gasteiger partial charge in [0, 0.05) is 6.42 Å². The number of unbranched alkanes of at least 4 members (excludes halogenated alkanes) is 8. The molecule has 1 aliphatic heterocycles. The topological polar surface area (TPSA) is 116 Å². The van der Waals surface area contributed by atoms with Crippen molar-refractivity contribution in [1.82, 2.24) is 0 Å². The van der Waals surface area contributed by atoms with Gasteiger partial charge in [0.2, 0.25) is 0 Å². The molecule has 31 heavy (non-hydrogen) atoms. The van der Waals surface area contributed by atoms with Gasteiger partial charge in [-0.05, 0) is 38.5 Å². The SMILES string of the molecule is CCCCCC=CCC=CCCCCCCCC(=O)O[C@H]1[C@H](O)[C@@H](CO)OC(O)[C@@H]1O. The van der Waals surface area contributed by atoms with E-state index in [1.54, 1.807) is 0 Å². The van der Waals surface area contributed by atoms with Crippen molar-refractivity contribution in [2.24, 2.45) is 0 Å². The fourth-order valence-electron chi connectivity index (χ4n) is 3.50. The molecule has 0 amide bonds. The summed E-state index contributed by atoms with van der Waals surface area (Å²) in [7, 11) is 0. The van der Waals surface area contributed by atoms with Crippen molar-refractivity contribution in [2.75, 3.05) is 6.61 Å². The summed E-state index contributed by atoms with van der Waals surface area (Å²) in [6, 6.07) is 0. The van der Waals surface area contributed by atoms with Gasteiger partial charge in [0.15, 0.2) is 12.4 Å². The largest absolute Gasteiger partial charge is 0.456 e. The first-order valence-electron chi connectivity index (χ1n) is 11.8. The molecule has 0 bridgehead atoms. The molecule has 0 aromatic carbocycles. The van der Waals surface area contributed by atoms with E-state index in [1.165, 1.54) is 25.7 Å². The zero-order valence-corrected chi connectivity index (χ0v) is 18.9. The number of hydrogen-bond donors (Lipinski definition) is 4. The van der Waals surface area contributed by atoms with Crippen LogP contribution in [-0.2, 0) is 14.3 Å². The summed E-state index contributed by atoms with van der Waals surface area (Å²) in [6.07, 6.45) is 14.1. The monoisotopic (exact) mass is 442 g/mol. The van der Waals surface area contributed by atoms with Gasteiger partial charge >= 0.3 is 5.97 Å². The van der Waals surface area contributed by atoms with Crippen LogP contribution >= 0.6 is 0 Å². The Morgan fingerprint density at radius 2 is 1.48 bits per heavy atom. The summed E-state index contributed by atoms with van der Waals surface area (Å²) in [4.78, 5) is 12.0. The second-order valence-electron chi connectivity index (χ2n) is 8.16. The maximum absolute atomic E-state index is 12.0. The lowest BCUT2D eigenvalue weighted by molar-refractivity contribution is -0.289. The Morgan fingerprint density at radius 1 is 0.871 bits per heavy atom. The first kappa shape index (κ1) is 27.8. The van der Waals surface area contributed by atoms with Gasteiger partial charge in [-0.1, -0.05) is 63.3 Å². The highest BCUT2D eigenvalue weighted by molar-refractivity contribution is 5.69. The molecular formula is C24H42O7. The Kier molecular flexibility index (Phi) is 15.5. The second kappa shape index (κ2) is 17.3. The molecule has 0 aromatic heterocycles. The molecule has 5 atom stereocenters. The van der Waals surface area contributed by atoms with E-state index in [4.69, 9.17) is 14.6 Å². The highest BCUT2D eigenvalue weighted by atomic mass is 16.7. The van der Waals surface area contributed by atoms with Gasteiger partial charge < -0.3 is 29.9 Å². The minimum atomic E-state index is -1.62. The molecule has 4 N–H and O–H groups in total. The minimum Gasteiger partial charge on any atom is -0.456 e. The first-order chi connectivity index (χ1) is 15.0. The van der Waals surface area contributed by atoms with Crippen LogP contribution in [0.4, 0.5) is 0 Å². The highest BCUT2D eigenvalue weighted by Gasteiger charge is 2.45. The summed E-state index contributed by atoms with van der Waals surface area (Å²) >= 11 is 0. The van der Waals surface area contributed by atoms with Crippen LogP contribution in [0.3, 0.4) is 0 Å². The lowest BCUT2D eigenvalue weighted by atomic mass is 9.99. The number of ether oxygens (including phenoxy) is 2. The zero-order chi connectivity index (χ0) is 22.9. The van der Waals surface area contributed by atoms with Crippen molar-refractivity contribution in [3.63, 3.8) is 0 Å². The second-order valence-corrected chi connectivity index (χ2v) is 8.16. The molecule has 1 fully saturated rings. The number of carbonyl (C=O) groups is 1. The molecule has 0 spiro atoms. The van der Waals surface area contributed by atoms with Crippen molar-refractivity contribution in [1.29, 1.82) is 0 Å². The van der Waals surface area contributed by atoms with Crippen LogP contribution in [0.5, 0.6) is 0 Å². The van der Waals surface area contributed by atoms with Gasteiger partial charge in [0.05, 0.1) is 6.61 Å². The van der Waals surface area contributed by atoms with Crippen LogP contribution < -0.4 is 0 Å². The van der Waals surface area contributed by atoms with Gasteiger partial charge in [0.25, 0.3) is 0 Å². The highest BCUT2D eigenvalue weighted by Crippen LogP contribution is 2.23. The molecule has 1 aliphatic rings. The van der Waals surface area contributed by atoms with Gasteiger partial charge in [0.1, 0.15) is 18.3 Å². The third kappa shape index (κ3) is 11.8. The average molecular weight is 443 g/mol. The first-order valence-corrected chi connectivity index (χ1v) is 11.8. The summed E-state index contributed by atoms with van der Waals surface area (Å²) in [5, 5.41) is 38.6. The summed E-state index contributed by atoms with van der Waals surface area (Å²) in [6.45, 7) is 1.66. The van der Waals surface area contributed by atoms with Crippen LogP contribution in [0, 0.1) is 0 Å². The Hall–Kier alpha value is -1.25. The predicted molar refractivity (Wildman–Crippen MR) is 119 cm³/mol. The molecule has 180 valence electrons. The molecule has 1 rings (SSSR count).